The van der Waals surface area contributed by atoms with Crippen molar-refractivity contribution in [2.45, 2.75) is 0 Å². The van der Waals surface area contributed by atoms with Gasteiger partial charge in [0.05, 0.1) is 9.50 Å². The third-order valence-electron chi connectivity index (χ3n) is 2.36. The zero-order valence-electron chi connectivity index (χ0n) is 10.4. The first-order valence-corrected chi connectivity index (χ1v) is 8.03. The number of hydrogen-bond donors (Lipinski definition) is 0. The molecule has 0 heterocycles. The summed E-state index contributed by atoms with van der Waals surface area (Å²) in [7, 11) is 0. The monoisotopic (exact) mass is 452 g/mol. The van der Waals surface area contributed by atoms with Crippen molar-refractivity contribution in [3.63, 3.8) is 0 Å². The Morgan fingerprint density at radius 2 is 1.76 bits per heavy atom. The lowest BCUT2D eigenvalue weighted by molar-refractivity contribution is -0.136. The molecule has 0 unspecified atom stereocenters. The predicted molar refractivity (Wildman–Crippen MR) is 89.4 cm³/mol. The van der Waals surface area contributed by atoms with Gasteiger partial charge in [0.1, 0.15) is 11.5 Å². The number of halogens is 4. The van der Waals surface area contributed by atoms with Crippen molar-refractivity contribution in [2.75, 3.05) is 6.61 Å². The minimum atomic E-state index is -0.561. The van der Waals surface area contributed by atoms with E-state index in [0.717, 1.165) is 8.95 Å². The molecular formula is C14H8Br2Cl2O3. The zero-order chi connectivity index (χ0) is 15.4. The molecule has 2 rings (SSSR count). The van der Waals surface area contributed by atoms with Gasteiger partial charge in [0.2, 0.25) is 0 Å². The Morgan fingerprint density at radius 1 is 1.05 bits per heavy atom. The molecule has 7 heteroatoms. The average molecular weight is 455 g/mol. The van der Waals surface area contributed by atoms with E-state index in [2.05, 4.69) is 31.9 Å². The summed E-state index contributed by atoms with van der Waals surface area (Å²) < 4.78 is 12.1. The van der Waals surface area contributed by atoms with Crippen LogP contribution in [-0.2, 0) is 4.79 Å². The molecule has 0 saturated heterocycles. The SMILES string of the molecule is O=C(COc1ccc(Br)cc1Br)Oc1ccc(Cl)cc1Cl. The van der Waals surface area contributed by atoms with E-state index in [1.807, 2.05) is 12.1 Å². The van der Waals surface area contributed by atoms with Crippen LogP contribution in [0.4, 0.5) is 0 Å². The highest BCUT2D eigenvalue weighted by Crippen LogP contribution is 2.29. The van der Waals surface area contributed by atoms with Crippen LogP contribution < -0.4 is 9.47 Å². The number of hydrogen-bond acceptors (Lipinski definition) is 3. The molecule has 3 nitrogen and oxygen atoms in total. The van der Waals surface area contributed by atoms with Crippen LogP contribution in [0.3, 0.4) is 0 Å². The smallest absolute Gasteiger partial charge is 0.349 e. The van der Waals surface area contributed by atoms with Crippen LogP contribution >= 0.6 is 55.1 Å². The largest absolute Gasteiger partial charge is 0.481 e. The first-order chi connectivity index (χ1) is 9.95. The van der Waals surface area contributed by atoms with E-state index in [4.69, 9.17) is 32.7 Å². The molecule has 0 atom stereocenters. The third kappa shape index (κ3) is 4.88. The molecule has 0 saturated carbocycles. The standard InChI is InChI=1S/C14H8Br2Cl2O3/c15-8-1-3-12(10(16)5-8)20-7-14(19)21-13-4-2-9(17)6-11(13)18/h1-6H,7H2. The van der Waals surface area contributed by atoms with Crippen molar-refractivity contribution >= 4 is 61.0 Å². The summed E-state index contributed by atoms with van der Waals surface area (Å²) in [4.78, 5) is 11.7. The van der Waals surface area contributed by atoms with Gasteiger partial charge in [-0.3, -0.25) is 0 Å². The summed E-state index contributed by atoms with van der Waals surface area (Å²) in [6, 6.07) is 9.97. The Morgan fingerprint density at radius 3 is 2.43 bits per heavy atom. The molecule has 0 aliphatic heterocycles. The maximum atomic E-state index is 11.7. The van der Waals surface area contributed by atoms with Crippen LogP contribution in [0, 0.1) is 0 Å². The number of ether oxygens (including phenoxy) is 2. The van der Waals surface area contributed by atoms with E-state index in [1.165, 1.54) is 12.1 Å². The Kier molecular flexibility index (Phi) is 5.93. The van der Waals surface area contributed by atoms with Gasteiger partial charge in [-0.25, -0.2) is 4.79 Å². The minimum absolute atomic E-state index is 0.237. The summed E-state index contributed by atoms with van der Waals surface area (Å²) >= 11 is 18.4. The topological polar surface area (TPSA) is 35.5 Å². The molecule has 0 radical (unpaired) electrons. The van der Waals surface area contributed by atoms with E-state index in [9.17, 15) is 4.79 Å². The highest BCUT2D eigenvalue weighted by atomic mass is 79.9. The maximum absolute atomic E-state index is 11.7. The van der Waals surface area contributed by atoms with Gasteiger partial charge in [0.15, 0.2) is 6.61 Å². The van der Waals surface area contributed by atoms with Crippen LogP contribution in [-0.4, -0.2) is 12.6 Å². The summed E-state index contributed by atoms with van der Waals surface area (Å²) in [5, 5.41) is 0.732. The van der Waals surface area contributed by atoms with Crippen LogP contribution in [0.15, 0.2) is 45.3 Å². The maximum Gasteiger partial charge on any atom is 0.349 e. The molecule has 0 amide bonds. The van der Waals surface area contributed by atoms with Crippen LogP contribution in [0.25, 0.3) is 0 Å². The molecule has 0 N–H and O–H groups in total. The molecule has 2 aromatic carbocycles. The van der Waals surface area contributed by atoms with Crippen molar-refractivity contribution in [2.24, 2.45) is 0 Å². The fourth-order valence-electron chi connectivity index (χ4n) is 1.44. The van der Waals surface area contributed by atoms with Gasteiger partial charge in [0.25, 0.3) is 0 Å². The Labute approximate surface area is 148 Å². The summed E-state index contributed by atoms with van der Waals surface area (Å²) in [6.45, 7) is -0.237. The second-order valence-electron chi connectivity index (χ2n) is 3.91. The summed E-state index contributed by atoms with van der Waals surface area (Å²) in [6.07, 6.45) is 0. The first kappa shape index (κ1) is 16.6. The van der Waals surface area contributed by atoms with E-state index in [1.54, 1.807) is 12.1 Å². The number of carbonyl (C=O) groups is 1. The normalized spacial score (nSPS) is 10.3. The quantitative estimate of drug-likeness (QED) is 0.452. The fraction of sp³-hybridized carbons (Fsp3) is 0.0714. The Balaban J connectivity index is 1.96. The highest BCUT2D eigenvalue weighted by molar-refractivity contribution is 9.11. The minimum Gasteiger partial charge on any atom is -0.481 e. The predicted octanol–water partition coefficient (Wildman–Crippen LogP) is 5.50. The Hall–Kier alpha value is -0.750. The second-order valence-corrected chi connectivity index (χ2v) is 6.53. The molecule has 21 heavy (non-hydrogen) atoms. The van der Waals surface area contributed by atoms with Crippen molar-refractivity contribution in [1.29, 1.82) is 0 Å². The molecule has 0 aromatic heterocycles. The molecular weight excluding hydrogens is 447 g/mol. The van der Waals surface area contributed by atoms with E-state index < -0.39 is 5.97 Å². The lowest BCUT2D eigenvalue weighted by Gasteiger charge is -2.09. The zero-order valence-corrected chi connectivity index (χ0v) is 15.1. The molecule has 2 aromatic rings. The van der Waals surface area contributed by atoms with Gasteiger partial charge < -0.3 is 9.47 Å². The summed E-state index contributed by atoms with van der Waals surface area (Å²) in [5.41, 5.74) is 0. The van der Waals surface area contributed by atoms with Gasteiger partial charge in [-0.1, -0.05) is 39.1 Å². The van der Waals surface area contributed by atoms with E-state index in [-0.39, 0.29) is 17.4 Å². The second kappa shape index (κ2) is 7.49. The lowest BCUT2D eigenvalue weighted by atomic mass is 10.3. The third-order valence-corrected chi connectivity index (χ3v) is 4.00. The van der Waals surface area contributed by atoms with E-state index >= 15 is 0 Å². The highest BCUT2D eigenvalue weighted by Gasteiger charge is 2.11. The molecule has 0 bridgehead atoms. The van der Waals surface area contributed by atoms with Gasteiger partial charge in [-0.15, -0.1) is 0 Å². The van der Waals surface area contributed by atoms with Crippen LogP contribution in [0.1, 0.15) is 0 Å². The molecule has 110 valence electrons. The number of carbonyl (C=O) groups excluding carboxylic acids is 1. The molecule has 0 aliphatic carbocycles. The van der Waals surface area contributed by atoms with Gasteiger partial charge in [0, 0.05) is 9.50 Å². The van der Waals surface area contributed by atoms with Crippen molar-refractivity contribution < 1.29 is 14.3 Å². The van der Waals surface area contributed by atoms with E-state index in [0.29, 0.717) is 10.8 Å². The van der Waals surface area contributed by atoms with Gasteiger partial charge in [-0.2, -0.15) is 0 Å². The Bertz CT molecular complexity index is 677. The van der Waals surface area contributed by atoms with Crippen molar-refractivity contribution in [3.8, 4) is 11.5 Å². The molecule has 0 aliphatic rings. The van der Waals surface area contributed by atoms with Gasteiger partial charge >= 0.3 is 5.97 Å². The van der Waals surface area contributed by atoms with Crippen LogP contribution in [0.2, 0.25) is 10.0 Å². The van der Waals surface area contributed by atoms with Crippen LogP contribution in [0.5, 0.6) is 11.5 Å². The van der Waals surface area contributed by atoms with Crippen molar-refractivity contribution in [1.82, 2.24) is 0 Å². The number of rotatable bonds is 4. The lowest BCUT2D eigenvalue weighted by Crippen LogP contribution is -2.18. The first-order valence-electron chi connectivity index (χ1n) is 5.69. The molecule has 0 spiro atoms. The summed E-state index contributed by atoms with van der Waals surface area (Å²) in [5.74, 6) is 0.218. The van der Waals surface area contributed by atoms with Gasteiger partial charge in [-0.05, 0) is 52.3 Å². The average Bonchev–Trinajstić information content (AvgIpc) is 2.41. The number of benzene rings is 2. The fourth-order valence-corrected chi connectivity index (χ4v) is 3.05. The van der Waals surface area contributed by atoms with Crippen molar-refractivity contribution in [3.05, 3.63) is 55.4 Å². The number of esters is 1. The molecule has 0 fully saturated rings.